The highest BCUT2D eigenvalue weighted by Crippen LogP contribution is 2.28. The van der Waals surface area contributed by atoms with E-state index < -0.39 is 0 Å². The summed E-state index contributed by atoms with van der Waals surface area (Å²) in [5, 5.41) is 3.98. The van der Waals surface area contributed by atoms with Crippen LogP contribution in [0.3, 0.4) is 0 Å². The SMILES string of the molecule is C/C=C/COc1cc(C)c(OCCCCN(CC)CC(C)=NOC)c(C)c1. The molecule has 27 heavy (non-hydrogen) atoms. The number of allylic oxidation sites excluding steroid dienone is 1. The number of unbranched alkanes of at least 4 members (excludes halogenated alkanes) is 1. The normalized spacial score (nSPS) is 12.0. The van der Waals surface area contributed by atoms with Crippen LogP contribution in [0.25, 0.3) is 0 Å². The summed E-state index contributed by atoms with van der Waals surface area (Å²) in [5.74, 6) is 1.87. The van der Waals surface area contributed by atoms with Crippen molar-refractivity contribution in [2.75, 3.05) is 40.0 Å². The average Bonchev–Trinajstić information content (AvgIpc) is 2.62. The van der Waals surface area contributed by atoms with E-state index in [1.54, 1.807) is 7.11 Å². The highest BCUT2D eigenvalue weighted by molar-refractivity contribution is 5.83. The molecule has 0 bridgehead atoms. The minimum Gasteiger partial charge on any atom is -0.493 e. The molecule has 0 amide bonds. The van der Waals surface area contributed by atoms with Gasteiger partial charge >= 0.3 is 0 Å². The van der Waals surface area contributed by atoms with Gasteiger partial charge in [0.2, 0.25) is 0 Å². The van der Waals surface area contributed by atoms with Crippen molar-refractivity contribution in [1.29, 1.82) is 0 Å². The van der Waals surface area contributed by atoms with E-state index in [2.05, 4.69) is 30.8 Å². The molecular formula is C22H36N2O3. The fraction of sp³-hybridized carbons (Fsp3) is 0.591. The van der Waals surface area contributed by atoms with Gasteiger partial charge in [0.1, 0.15) is 25.2 Å². The van der Waals surface area contributed by atoms with E-state index in [1.165, 1.54) is 0 Å². The van der Waals surface area contributed by atoms with Crippen LogP contribution in [0.15, 0.2) is 29.4 Å². The molecule has 0 aliphatic carbocycles. The van der Waals surface area contributed by atoms with Crippen LogP contribution in [0.5, 0.6) is 11.5 Å². The third-order valence-corrected chi connectivity index (χ3v) is 4.28. The van der Waals surface area contributed by atoms with E-state index in [0.717, 1.165) is 67.4 Å². The number of aryl methyl sites for hydroxylation is 2. The van der Waals surface area contributed by atoms with Crippen LogP contribution in [-0.2, 0) is 4.84 Å². The minimum absolute atomic E-state index is 0.595. The van der Waals surface area contributed by atoms with E-state index in [9.17, 15) is 0 Å². The Morgan fingerprint density at radius 1 is 1.15 bits per heavy atom. The van der Waals surface area contributed by atoms with Crippen molar-refractivity contribution in [2.24, 2.45) is 5.16 Å². The Balaban J connectivity index is 2.42. The molecule has 0 spiro atoms. The summed E-state index contributed by atoms with van der Waals surface area (Å²) in [5.41, 5.74) is 3.23. The highest BCUT2D eigenvalue weighted by Gasteiger charge is 2.08. The van der Waals surface area contributed by atoms with E-state index in [0.29, 0.717) is 6.61 Å². The highest BCUT2D eigenvalue weighted by atomic mass is 16.6. The second-order valence-electron chi connectivity index (χ2n) is 6.70. The molecule has 5 heteroatoms. The molecule has 0 saturated heterocycles. The Labute approximate surface area is 165 Å². The zero-order chi connectivity index (χ0) is 20.1. The van der Waals surface area contributed by atoms with E-state index in [4.69, 9.17) is 14.3 Å². The van der Waals surface area contributed by atoms with Crippen molar-refractivity contribution in [3.05, 3.63) is 35.4 Å². The molecule has 0 fully saturated rings. The number of hydrogen-bond donors (Lipinski definition) is 0. The van der Waals surface area contributed by atoms with Crippen molar-refractivity contribution in [1.82, 2.24) is 4.90 Å². The standard InChI is InChI=1S/C22H36N2O3/c1-7-9-13-26-21-15-18(3)22(19(4)16-21)27-14-11-10-12-24(8-2)17-20(5)23-25-6/h7,9,15-16H,8,10-14,17H2,1-6H3/b9-7+,23-20?. The lowest BCUT2D eigenvalue weighted by Crippen LogP contribution is -2.30. The Kier molecular flexibility index (Phi) is 11.3. The van der Waals surface area contributed by atoms with Gasteiger partial charge in [-0.1, -0.05) is 24.2 Å². The number of benzene rings is 1. The molecule has 0 aliphatic heterocycles. The van der Waals surface area contributed by atoms with Crippen molar-refractivity contribution in [3.8, 4) is 11.5 Å². The first-order chi connectivity index (χ1) is 13.0. The van der Waals surface area contributed by atoms with Crippen molar-refractivity contribution >= 4 is 5.71 Å². The van der Waals surface area contributed by atoms with Crippen molar-refractivity contribution in [3.63, 3.8) is 0 Å². The molecule has 5 nitrogen and oxygen atoms in total. The molecule has 0 heterocycles. The van der Waals surface area contributed by atoms with Crippen LogP contribution in [0, 0.1) is 13.8 Å². The molecule has 1 aromatic rings. The fourth-order valence-corrected chi connectivity index (χ4v) is 2.93. The van der Waals surface area contributed by atoms with Gasteiger partial charge < -0.3 is 14.3 Å². The largest absolute Gasteiger partial charge is 0.493 e. The van der Waals surface area contributed by atoms with Crippen molar-refractivity contribution < 1.29 is 14.3 Å². The lowest BCUT2D eigenvalue weighted by Gasteiger charge is -2.20. The summed E-state index contributed by atoms with van der Waals surface area (Å²) >= 11 is 0. The van der Waals surface area contributed by atoms with E-state index in [1.807, 2.05) is 38.1 Å². The lowest BCUT2D eigenvalue weighted by atomic mass is 10.1. The number of oxime groups is 1. The third kappa shape index (κ3) is 8.96. The number of hydrogen-bond acceptors (Lipinski definition) is 5. The minimum atomic E-state index is 0.595. The van der Waals surface area contributed by atoms with Gasteiger partial charge in [-0.25, -0.2) is 0 Å². The van der Waals surface area contributed by atoms with Gasteiger partial charge in [0.15, 0.2) is 0 Å². The molecule has 1 rings (SSSR count). The molecule has 0 aromatic heterocycles. The molecule has 152 valence electrons. The Bertz CT molecular complexity index is 589. The van der Waals surface area contributed by atoms with Gasteiger partial charge in [0.25, 0.3) is 0 Å². The summed E-state index contributed by atoms with van der Waals surface area (Å²) in [4.78, 5) is 7.19. The quantitative estimate of drug-likeness (QED) is 0.215. The van der Waals surface area contributed by atoms with Crippen LogP contribution in [0.1, 0.15) is 44.7 Å². The number of ether oxygens (including phenoxy) is 2. The summed E-state index contributed by atoms with van der Waals surface area (Å²) in [6.45, 7) is 14.5. The first-order valence-corrected chi connectivity index (χ1v) is 9.78. The number of rotatable bonds is 13. The molecule has 0 saturated carbocycles. The van der Waals surface area contributed by atoms with Crippen LogP contribution in [0.2, 0.25) is 0 Å². The van der Waals surface area contributed by atoms with Crippen LogP contribution < -0.4 is 9.47 Å². The molecule has 0 radical (unpaired) electrons. The zero-order valence-electron chi connectivity index (χ0n) is 17.9. The van der Waals surface area contributed by atoms with Crippen LogP contribution >= 0.6 is 0 Å². The Morgan fingerprint density at radius 2 is 1.85 bits per heavy atom. The molecule has 0 atom stereocenters. The summed E-state index contributed by atoms with van der Waals surface area (Å²) in [6, 6.07) is 4.09. The molecular weight excluding hydrogens is 340 g/mol. The third-order valence-electron chi connectivity index (χ3n) is 4.28. The second-order valence-corrected chi connectivity index (χ2v) is 6.70. The van der Waals surface area contributed by atoms with E-state index >= 15 is 0 Å². The van der Waals surface area contributed by atoms with Gasteiger partial charge in [-0.2, -0.15) is 0 Å². The number of nitrogens with zero attached hydrogens (tertiary/aromatic N) is 2. The van der Waals surface area contributed by atoms with E-state index in [-0.39, 0.29) is 0 Å². The van der Waals surface area contributed by atoms with Crippen molar-refractivity contribution in [2.45, 2.75) is 47.5 Å². The predicted molar refractivity (Wildman–Crippen MR) is 113 cm³/mol. The average molecular weight is 377 g/mol. The van der Waals surface area contributed by atoms with Crippen LogP contribution in [0.4, 0.5) is 0 Å². The first kappa shape index (κ1) is 23.0. The van der Waals surface area contributed by atoms with Gasteiger partial charge in [-0.05, 0) is 76.9 Å². The summed E-state index contributed by atoms with van der Waals surface area (Å²) < 4.78 is 11.8. The predicted octanol–water partition coefficient (Wildman–Crippen LogP) is 4.76. The van der Waals surface area contributed by atoms with Gasteiger partial charge in [-0.15, -0.1) is 0 Å². The van der Waals surface area contributed by atoms with Gasteiger partial charge in [0, 0.05) is 6.54 Å². The van der Waals surface area contributed by atoms with Crippen LogP contribution in [-0.4, -0.2) is 50.6 Å². The summed E-state index contributed by atoms with van der Waals surface area (Å²) in [7, 11) is 1.59. The lowest BCUT2D eigenvalue weighted by molar-refractivity contribution is 0.209. The Hall–Kier alpha value is -2.01. The topological polar surface area (TPSA) is 43.3 Å². The maximum Gasteiger partial charge on any atom is 0.125 e. The summed E-state index contributed by atoms with van der Waals surface area (Å²) in [6.07, 6.45) is 6.10. The second kappa shape index (κ2) is 13.2. The first-order valence-electron chi connectivity index (χ1n) is 9.78. The molecule has 0 N–H and O–H groups in total. The molecule has 0 aliphatic rings. The monoisotopic (exact) mass is 376 g/mol. The smallest absolute Gasteiger partial charge is 0.125 e. The molecule has 0 unspecified atom stereocenters. The maximum atomic E-state index is 6.05. The van der Waals surface area contributed by atoms with Gasteiger partial charge in [0.05, 0.1) is 12.3 Å². The maximum absolute atomic E-state index is 6.05. The molecule has 1 aromatic carbocycles. The zero-order valence-corrected chi connectivity index (χ0v) is 17.9. The Morgan fingerprint density at radius 3 is 2.44 bits per heavy atom. The van der Waals surface area contributed by atoms with Gasteiger partial charge in [-0.3, -0.25) is 4.90 Å². The fourth-order valence-electron chi connectivity index (χ4n) is 2.93.